The van der Waals surface area contributed by atoms with Crippen LogP contribution < -0.4 is 0 Å². The zero-order valence-electron chi connectivity index (χ0n) is 30.9. The molecular formula is C43H81N. The molecule has 44 heavy (non-hydrogen) atoms. The Morgan fingerprint density at radius 1 is 0.500 bits per heavy atom. The fourth-order valence-electron chi connectivity index (χ4n) is 6.43. The lowest BCUT2D eigenvalue weighted by Crippen LogP contribution is -2.35. The van der Waals surface area contributed by atoms with E-state index in [-0.39, 0.29) is 0 Å². The van der Waals surface area contributed by atoms with Gasteiger partial charge in [-0.3, -0.25) is 0 Å². The van der Waals surface area contributed by atoms with Gasteiger partial charge in [0.25, 0.3) is 0 Å². The second-order valence-electron chi connectivity index (χ2n) is 13.6. The Morgan fingerprint density at radius 3 is 1.45 bits per heavy atom. The van der Waals surface area contributed by atoms with Gasteiger partial charge in [0.2, 0.25) is 0 Å². The van der Waals surface area contributed by atoms with Crippen LogP contribution in [-0.4, -0.2) is 17.5 Å². The normalized spacial score (nSPS) is 12.7. The summed E-state index contributed by atoms with van der Waals surface area (Å²) in [5.41, 5.74) is 1.44. The third-order valence-electron chi connectivity index (χ3n) is 9.26. The van der Waals surface area contributed by atoms with Crippen molar-refractivity contribution in [1.82, 2.24) is 4.90 Å². The first kappa shape index (κ1) is 42.8. The van der Waals surface area contributed by atoms with Crippen LogP contribution in [0.1, 0.15) is 214 Å². The zero-order valence-corrected chi connectivity index (χ0v) is 30.9. The van der Waals surface area contributed by atoms with Gasteiger partial charge in [-0.2, -0.15) is 0 Å². The number of allylic oxidation sites excluding steroid dienone is 7. The van der Waals surface area contributed by atoms with E-state index in [0.717, 1.165) is 6.42 Å². The molecule has 1 nitrogen and oxygen atoms in total. The zero-order chi connectivity index (χ0) is 32.2. The van der Waals surface area contributed by atoms with E-state index < -0.39 is 0 Å². The first-order chi connectivity index (χ1) is 21.7. The minimum absolute atomic E-state index is 0.711. The molecule has 0 aliphatic heterocycles. The molecule has 0 saturated heterocycles. The van der Waals surface area contributed by atoms with E-state index in [0.29, 0.717) is 6.04 Å². The van der Waals surface area contributed by atoms with E-state index >= 15 is 0 Å². The highest BCUT2D eigenvalue weighted by Gasteiger charge is 2.18. The lowest BCUT2D eigenvalue weighted by Gasteiger charge is -2.36. The average molecular weight is 612 g/mol. The van der Waals surface area contributed by atoms with Crippen LogP contribution in [0.15, 0.2) is 48.7 Å². The summed E-state index contributed by atoms with van der Waals surface area (Å²) < 4.78 is 0. The van der Waals surface area contributed by atoms with E-state index in [2.05, 4.69) is 75.6 Å². The summed E-state index contributed by atoms with van der Waals surface area (Å²) in [6.07, 6.45) is 53.1. The van der Waals surface area contributed by atoms with Crippen molar-refractivity contribution >= 4 is 0 Å². The summed E-state index contributed by atoms with van der Waals surface area (Å²) in [5.74, 6) is 0. The van der Waals surface area contributed by atoms with Crippen LogP contribution in [0.4, 0.5) is 0 Å². The van der Waals surface area contributed by atoms with E-state index in [1.165, 1.54) is 192 Å². The molecule has 0 fully saturated rings. The topological polar surface area (TPSA) is 3.24 Å². The molecule has 0 aliphatic carbocycles. The molecule has 0 N–H and O–H groups in total. The molecule has 0 aliphatic rings. The van der Waals surface area contributed by atoms with Gasteiger partial charge in [0.05, 0.1) is 0 Å². The number of unbranched alkanes of at least 4 members (excludes halogenated alkanes) is 20. The van der Waals surface area contributed by atoms with E-state index in [9.17, 15) is 0 Å². The minimum Gasteiger partial charge on any atom is -0.372 e. The lowest BCUT2D eigenvalue weighted by atomic mass is 9.97. The van der Waals surface area contributed by atoms with Crippen LogP contribution in [0.25, 0.3) is 0 Å². The third-order valence-corrected chi connectivity index (χ3v) is 9.26. The highest BCUT2D eigenvalue weighted by molar-refractivity contribution is 4.97. The average Bonchev–Trinajstić information content (AvgIpc) is 3.03. The van der Waals surface area contributed by atoms with Crippen molar-refractivity contribution in [1.29, 1.82) is 0 Å². The standard InChI is InChI=1S/C43H81N/c1-6-10-13-16-19-21-22-23-24-25-26-27-29-31-34-37-40-43(39-36-33-30-28-20-17-14-11-7-2)44(41-9-4)42(5)38-35-32-18-15-12-8-3/h7,11,19,21,23-24,43H,5-6,8-10,12-18,20,22,25-41H2,1-4H3/b11-7-,21-19-,24-23-. The molecule has 0 amide bonds. The maximum absolute atomic E-state index is 4.66. The van der Waals surface area contributed by atoms with Crippen molar-refractivity contribution in [3.8, 4) is 0 Å². The molecule has 0 bridgehead atoms. The minimum atomic E-state index is 0.711. The van der Waals surface area contributed by atoms with Crippen molar-refractivity contribution in [2.75, 3.05) is 6.54 Å². The summed E-state index contributed by atoms with van der Waals surface area (Å²) in [4.78, 5) is 2.77. The number of hydrogen-bond donors (Lipinski definition) is 0. The van der Waals surface area contributed by atoms with Crippen molar-refractivity contribution in [3.63, 3.8) is 0 Å². The molecule has 0 saturated carbocycles. The van der Waals surface area contributed by atoms with Crippen molar-refractivity contribution in [3.05, 3.63) is 48.7 Å². The second-order valence-corrected chi connectivity index (χ2v) is 13.6. The Labute approximate surface area is 279 Å². The monoisotopic (exact) mass is 612 g/mol. The van der Waals surface area contributed by atoms with Gasteiger partial charge in [-0.1, -0.05) is 173 Å². The second kappa shape index (κ2) is 36.2. The van der Waals surface area contributed by atoms with Gasteiger partial charge in [-0.25, -0.2) is 0 Å². The summed E-state index contributed by atoms with van der Waals surface area (Å²) in [5, 5.41) is 0. The van der Waals surface area contributed by atoms with Gasteiger partial charge < -0.3 is 4.90 Å². The van der Waals surface area contributed by atoms with Gasteiger partial charge in [-0.15, -0.1) is 0 Å². The number of rotatable bonds is 35. The smallest absolute Gasteiger partial charge is 0.0286 e. The van der Waals surface area contributed by atoms with E-state index in [4.69, 9.17) is 0 Å². The number of hydrogen-bond acceptors (Lipinski definition) is 1. The molecule has 0 heterocycles. The molecule has 1 heteroatoms. The Balaban J connectivity index is 4.44. The van der Waals surface area contributed by atoms with Crippen molar-refractivity contribution in [2.45, 2.75) is 220 Å². The van der Waals surface area contributed by atoms with Gasteiger partial charge in [-0.05, 0) is 84.0 Å². The number of nitrogens with zero attached hydrogens (tertiary/aromatic N) is 1. The van der Waals surface area contributed by atoms with Gasteiger partial charge in [0.15, 0.2) is 0 Å². The summed E-state index contributed by atoms with van der Waals surface area (Å²) in [6, 6.07) is 0.711. The molecule has 0 radical (unpaired) electrons. The predicted octanol–water partition coefficient (Wildman–Crippen LogP) is 15.2. The Hall–Kier alpha value is -1.24. The predicted molar refractivity (Wildman–Crippen MR) is 204 cm³/mol. The van der Waals surface area contributed by atoms with Crippen molar-refractivity contribution < 1.29 is 0 Å². The Morgan fingerprint density at radius 2 is 0.932 bits per heavy atom. The van der Waals surface area contributed by atoms with Gasteiger partial charge in [0, 0.05) is 18.3 Å². The maximum atomic E-state index is 4.66. The molecule has 0 aromatic carbocycles. The molecule has 0 aromatic heterocycles. The van der Waals surface area contributed by atoms with Crippen LogP contribution >= 0.6 is 0 Å². The lowest BCUT2D eigenvalue weighted by molar-refractivity contribution is 0.211. The van der Waals surface area contributed by atoms with E-state index in [1.54, 1.807) is 0 Å². The fourth-order valence-corrected chi connectivity index (χ4v) is 6.43. The molecule has 1 unspecified atom stereocenters. The van der Waals surface area contributed by atoms with Crippen LogP contribution in [0.3, 0.4) is 0 Å². The van der Waals surface area contributed by atoms with Gasteiger partial charge >= 0.3 is 0 Å². The van der Waals surface area contributed by atoms with Crippen LogP contribution in [0.2, 0.25) is 0 Å². The fraction of sp³-hybridized carbons (Fsp3) is 0.814. The van der Waals surface area contributed by atoms with E-state index in [1.807, 2.05) is 0 Å². The summed E-state index contributed by atoms with van der Waals surface area (Å²) in [7, 11) is 0. The van der Waals surface area contributed by atoms with Crippen LogP contribution in [0.5, 0.6) is 0 Å². The van der Waals surface area contributed by atoms with Crippen LogP contribution in [-0.2, 0) is 0 Å². The molecular weight excluding hydrogens is 530 g/mol. The van der Waals surface area contributed by atoms with Gasteiger partial charge in [0.1, 0.15) is 0 Å². The Kier molecular flexibility index (Phi) is 35.2. The molecule has 258 valence electrons. The molecule has 0 aromatic rings. The highest BCUT2D eigenvalue weighted by Crippen LogP contribution is 2.25. The van der Waals surface area contributed by atoms with Crippen LogP contribution in [0, 0.1) is 0 Å². The quantitative estimate of drug-likeness (QED) is 0.0509. The molecule has 0 spiro atoms. The first-order valence-electron chi connectivity index (χ1n) is 20.1. The van der Waals surface area contributed by atoms with Crippen molar-refractivity contribution in [2.24, 2.45) is 0 Å². The third kappa shape index (κ3) is 29.5. The largest absolute Gasteiger partial charge is 0.372 e. The SMILES string of the molecule is C=C(CCCCCCCC)N(CCC)C(CCCCCCCC/C=C\C)CCCCCCCC/C=C\C/C=C\CCCCC. The maximum Gasteiger partial charge on any atom is 0.0286 e. The summed E-state index contributed by atoms with van der Waals surface area (Å²) >= 11 is 0. The molecule has 0 rings (SSSR count). The Bertz CT molecular complexity index is 656. The first-order valence-corrected chi connectivity index (χ1v) is 20.1. The highest BCUT2D eigenvalue weighted by atomic mass is 15.2. The molecule has 1 atom stereocenters. The summed E-state index contributed by atoms with van der Waals surface area (Å²) in [6.45, 7) is 14.9.